The number of anilines is 2. The van der Waals surface area contributed by atoms with Gasteiger partial charge in [0.1, 0.15) is 5.82 Å². The van der Waals surface area contributed by atoms with E-state index in [0.29, 0.717) is 0 Å². The van der Waals surface area contributed by atoms with Crippen LogP contribution in [0.3, 0.4) is 0 Å². The maximum atomic E-state index is 4.52. The smallest absolute Gasteiger partial charge is 0.128 e. The maximum Gasteiger partial charge on any atom is 0.128 e. The number of pyridine rings is 1. The van der Waals surface area contributed by atoms with Gasteiger partial charge in [-0.1, -0.05) is 0 Å². The van der Waals surface area contributed by atoms with Crippen molar-refractivity contribution in [2.24, 2.45) is 5.92 Å². The molecule has 0 bridgehead atoms. The maximum absolute atomic E-state index is 4.52. The van der Waals surface area contributed by atoms with Crippen molar-refractivity contribution in [2.75, 3.05) is 29.9 Å². The third kappa shape index (κ3) is 2.29. The van der Waals surface area contributed by atoms with E-state index in [1.165, 1.54) is 38.8 Å². The predicted molar refractivity (Wildman–Crippen MR) is 66.9 cm³/mol. The van der Waals surface area contributed by atoms with Gasteiger partial charge < -0.3 is 10.2 Å². The Balaban J connectivity index is 1.59. The zero-order chi connectivity index (χ0) is 10.8. The van der Waals surface area contributed by atoms with Crippen LogP contribution in [-0.2, 0) is 0 Å². The minimum atomic E-state index is 0.915. The quantitative estimate of drug-likeness (QED) is 0.840. The van der Waals surface area contributed by atoms with Crippen molar-refractivity contribution in [3.63, 3.8) is 0 Å². The molecule has 16 heavy (non-hydrogen) atoms. The second-order valence-corrected chi connectivity index (χ2v) is 4.92. The van der Waals surface area contributed by atoms with Gasteiger partial charge >= 0.3 is 0 Å². The summed E-state index contributed by atoms with van der Waals surface area (Å²) in [6, 6.07) is 4.30. The molecular weight excluding hydrogens is 198 g/mol. The van der Waals surface area contributed by atoms with Gasteiger partial charge in [-0.15, -0.1) is 0 Å². The van der Waals surface area contributed by atoms with Crippen LogP contribution < -0.4 is 10.2 Å². The summed E-state index contributed by atoms with van der Waals surface area (Å²) >= 11 is 0. The molecule has 3 rings (SSSR count). The summed E-state index contributed by atoms with van der Waals surface area (Å²) in [4.78, 5) is 6.89. The van der Waals surface area contributed by atoms with E-state index in [1.54, 1.807) is 0 Å². The minimum Gasteiger partial charge on any atom is -0.384 e. The molecule has 1 saturated carbocycles. The molecule has 0 aromatic carbocycles. The lowest BCUT2D eigenvalue weighted by Gasteiger charge is -2.16. The van der Waals surface area contributed by atoms with Crippen LogP contribution >= 0.6 is 0 Å². The molecule has 0 amide bonds. The molecule has 0 atom stereocenters. The molecule has 1 saturated heterocycles. The number of aromatic nitrogens is 1. The highest BCUT2D eigenvalue weighted by Crippen LogP contribution is 2.29. The Morgan fingerprint density at radius 1 is 1.25 bits per heavy atom. The number of hydrogen-bond donors (Lipinski definition) is 1. The van der Waals surface area contributed by atoms with Crippen LogP contribution in [0.15, 0.2) is 18.3 Å². The average Bonchev–Trinajstić information content (AvgIpc) is 3.00. The van der Waals surface area contributed by atoms with Gasteiger partial charge in [-0.05, 0) is 43.7 Å². The van der Waals surface area contributed by atoms with E-state index in [0.717, 1.165) is 24.0 Å². The van der Waals surface area contributed by atoms with Crippen molar-refractivity contribution in [3.05, 3.63) is 18.3 Å². The van der Waals surface area contributed by atoms with Gasteiger partial charge in [0, 0.05) is 19.6 Å². The van der Waals surface area contributed by atoms with Crippen LogP contribution in [0.4, 0.5) is 11.5 Å². The molecule has 86 valence electrons. The molecule has 1 aliphatic heterocycles. The van der Waals surface area contributed by atoms with Gasteiger partial charge in [0.15, 0.2) is 0 Å². The highest BCUT2D eigenvalue weighted by Gasteiger charge is 2.20. The Hall–Kier alpha value is -1.25. The van der Waals surface area contributed by atoms with Crippen LogP contribution in [0, 0.1) is 5.92 Å². The Morgan fingerprint density at radius 3 is 2.69 bits per heavy atom. The largest absolute Gasteiger partial charge is 0.384 e. The van der Waals surface area contributed by atoms with E-state index in [2.05, 4.69) is 27.3 Å². The third-order valence-corrected chi connectivity index (χ3v) is 3.47. The Kier molecular flexibility index (Phi) is 2.68. The van der Waals surface area contributed by atoms with Crippen molar-refractivity contribution in [1.29, 1.82) is 0 Å². The first-order valence-electron chi connectivity index (χ1n) is 6.37. The lowest BCUT2D eigenvalue weighted by molar-refractivity contribution is 0.886. The van der Waals surface area contributed by atoms with E-state index in [1.807, 2.05) is 6.20 Å². The molecule has 0 spiro atoms. The van der Waals surface area contributed by atoms with E-state index in [9.17, 15) is 0 Å². The zero-order valence-corrected chi connectivity index (χ0v) is 9.65. The van der Waals surface area contributed by atoms with Gasteiger partial charge in [0.05, 0.1) is 11.9 Å². The number of nitrogens with one attached hydrogen (secondary N) is 1. The SMILES string of the molecule is c1cc(N2CCCC2)ncc1NCC1CC1. The molecule has 1 aliphatic carbocycles. The van der Waals surface area contributed by atoms with E-state index in [4.69, 9.17) is 0 Å². The van der Waals surface area contributed by atoms with Crippen LogP contribution in [-0.4, -0.2) is 24.6 Å². The first kappa shape index (κ1) is 9.94. The highest BCUT2D eigenvalue weighted by atomic mass is 15.2. The van der Waals surface area contributed by atoms with Crippen LogP contribution in [0.5, 0.6) is 0 Å². The van der Waals surface area contributed by atoms with E-state index in [-0.39, 0.29) is 0 Å². The molecule has 3 heteroatoms. The highest BCUT2D eigenvalue weighted by molar-refractivity contribution is 5.49. The van der Waals surface area contributed by atoms with Crippen molar-refractivity contribution in [1.82, 2.24) is 4.98 Å². The predicted octanol–water partition coefficient (Wildman–Crippen LogP) is 2.50. The summed E-state index contributed by atoms with van der Waals surface area (Å²) in [6.45, 7) is 3.45. The summed E-state index contributed by atoms with van der Waals surface area (Å²) in [5.41, 5.74) is 1.16. The van der Waals surface area contributed by atoms with E-state index >= 15 is 0 Å². The van der Waals surface area contributed by atoms with Gasteiger partial charge in [-0.2, -0.15) is 0 Å². The first-order valence-corrected chi connectivity index (χ1v) is 6.37. The second-order valence-electron chi connectivity index (χ2n) is 4.92. The van der Waals surface area contributed by atoms with Gasteiger partial charge in [-0.25, -0.2) is 4.98 Å². The Morgan fingerprint density at radius 2 is 2.06 bits per heavy atom. The van der Waals surface area contributed by atoms with Crippen LogP contribution in [0.1, 0.15) is 25.7 Å². The summed E-state index contributed by atoms with van der Waals surface area (Å²) in [6.07, 6.45) is 7.38. The number of rotatable bonds is 4. The fourth-order valence-corrected chi connectivity index (χ4v) is 2.21. The lowest BCUT2D eigenvalue weighted by atomic mass is 10.3. The molecule has 2 fully saturated rings. The fourth-order valence-electron chi connectivity index (χ4n) is 2.21. The summed E-state index contributed by atoms with van der Waals surface area (Å²) in [5.74, 6) is 2.05. The Labute approximate surface area is 96.9 Å². The van der Waals surface area contributed by atoms with Crippen molar-refractivity contribution < 1.29 is 0 Å². The topological polar surface area (TPSA) is 28.2 Å². The molecule has 0 radical (unpaired) electrons. The minimum absolute atomic E-state index is 0.915. The number of nitrogens with zero attached hydrogens (tertiary/aromatic N) is 2. The van der Waals surface area contributed by atoms with Crippen LogP contribution in [0.2, 0.25) is 0 Å². The molecule has 2 heterocycles. The van der Waals surface area contributed by atoms with Crippen LogP contribution in [0.25, 0.3) is 0 Å². The molecular formula is C13H19N3. The lowest BCUT2D eigenvalue weighted by Crippen LogP contribution is -2.18. The molecule has 1 aromatic heterocycles. The summed E-state index contributed by atoms with van der Waals surface area (Å²) in [5, 5.41) is 3.44. The van der Waals surface area contributed by atoms with Gasteiger partial charge in [0.25, 0.3) is 0 Å². The molecule has 0 unspecified atom stereocenters. The number of hydrogen-bond acceptors (Lipinski definition) is 3. The standard InChI is InChI=1S/C13H19N3/c1-2-8-16(7-1)13-6-5-12(10-15-13)14-9-11-3-4-11/h5-6,10-11,14H,1-4,7-9H2. The van der Waals surface area contributed by atoms with Crippen molar-refractivity contribution in [2.45, 2.75) is 25.7 Å². The fraction of sp³-hybridized carbons (Fsp3) is 0.615. The Bertz CT molecular complexity index is 337. The molecule has 1 aromatic rings. The van der Waals surface area contributed by atoms with E-state index < -0.39 is 0 Å². The first-order chi connectivity index (χ1) is 7.92. The normalized spacial score (nSPS) is 20.1. The molecule has 1 N–H and O–H groups in total. The molecule has 3 nitrogen and oxygen atoms in total. The van der Waals surface area contributed by atoms with Crippen molar-refractivity contribution in [3.8, 4) is 0 Å². The zero-order valence-electron chi connectivity index (χ0n) is 9.65. The summed E-state index contributed by atoms with van der Waals surface area (Å²) < 4.78 is 0. The van der Waals surface area contributed by atoms with Gasteiger partial charge in [-0.3, -0.25) is 0 Å². The van der Waals surface area contributed by atoms with Gasteiger partial charge in [0.2, 0.25) is 0 Å². The third-order valence-electron chi connectivity index (χ3n) is 3.47. The van der Waals surface area contributed by atoms with Crippen molar-refractivity contribution >= 4 is 11.5 Å². The molecule has 2 aliphatic rings. The average molecular weight is 217 g/mol. The monoisotopic (exact) mass is 217 g/mol. The second kappa shape index (κ2) is 4.32. The summed E-state index contributed by atoms with van der Waals surface area (Å²) in [7, 11) is 0.